The Labute approximate surface area is 361 Å². The molecule has 4 aromatic rings. The highest BCUT2D eigenvalue weighted by Gasteiger charge is 2.30. The maximum absolute atomic E-state index is 13.8. The quantitative estimate of drug-likeness (QED) is 0.0364. The van der Waals surface area contributed by atoms with Gasteiger partial charge in [0.15, 0.2) is 13.1 Å². The Morgan fingerprint density at radius 2 is 0.690 bits per heavy atom. The highest BCUT2D eigenvalue weighted by molar-refractivity contribution is 7.19. The van der Waals surface area contributed by atoms with Crippen LogP contribution >= 0.6 is 22.7 Å². The van der Waals surface area contributed by atoms with Gasteiger partial charge in [-0.2, -0.15) is 9.13 Å². The second kappa shape index (κ2) is 27.5. The summed E-state index contributed by atoms with van der Waals surface area (Å²) in [6.07, 6.45) is 39.5. The van der Waals surface area contributed by atoms with Gasteiger partial charge >= 0.3 is 0 Å². The van der Waals surface area contributed by atoms with Crippen LogP contribution in [-0.2, 0) is 13.1 Å². The van der Waals surface area contributed by atoms with Crippen LogP contribution in [0.1, 0.15) is 204 Å². The zero-order valence-corrected chi connectivity index (χ0v) is 38.3. The van der Waals surface area contributed by atoms with Crippen LogP contribution in [0.3, 0.4) is 0 Å². The molecule has 0 saturated heterocycles. The minimum Gasteiger partial charge on any atom is -0.846 e. The number of thiazole rings is 2. The standard InChI is InChI=1S/C52H78N2O2S2/c1-3-5-7-9-11-13-15-17-19-21-23-25-27-33-39-53-45-35-29-31-37-47(45)57-49(53)41-43-51(55)44(52(43)56)42-50-54(46-36-30-32-38-48(46)58-50)40-34-28-26-24-22-20-18-16-14-12-10-8-6-4-2/h29-32,35-38,41-42,51-52H,3-28,33-34,39-40H2,1-2H3. The van der Waals surface area contributed by atoms with Gasteiger partial charge in [-0.25, -0.2) is 0 Å². The van der Waals surface area contributed by atoms with Gasteiger partial charge in [-0.15, -0.1) is 0 Å². The van der Waals surface area contributed by atoms with Crippen molar-refractivity contribution in [3.05, 3.63) is 69.7 Å². The zero-order valence-electron chi connectivity index (χ0n) is 36.7. The summed E-state index contributed by atoms with van der Waals surface area (Å²) in [5, 5.41) is 29.6. The minimum absolute atomic E-state index is 0.493. The summed E-state index contributed by atoms with van der Waals surface area (Å²) in [5.74, 6) is 0. The van der Waals surface area contributed by atoms with Crippen LogP contribution < -0.4 is 19.3 Å². The number of para-hydroxylation sites is 2. The first kappa shape index (κ1) is 46.7. The third-order valence-electron chi connectivity index (χ3n) is 12.5. The Morgan fingerprint density at radius 3 is 1.00 bits per heavy atom. The molecule has 0 bridgehead atoms. The molecule has 320 valence electrons. The molecule has 2 heterocycles. The molecule has 0 unspecified atom stereocenters. The Morgan fingerprint density at radius 1 is 0.414 bits per heavy atom. The summed E-state index contributed by atoms with van der Waals surface area (Å²) in [6.45, 7) is 6.43. The van der Waals surface area contributed by atoms with E-state index in [1.54, 1.807) is 22.7 Å². The normalized spacial score (nSPS) is 15.5. The molecule has 0 radical (unpaired) electrons. The molecule has 0 N–H and O–H groups in total. The van der Waals surface area contributed by atoms with Crippen LogP contribution in [0.4, 0.5) is 0 Å². The maximum Gasteiger partial charge on any atom is 0.262 e. The third kappa shape index (κ3) is 15.0. The minimum atomic E-state index is -1.07. The van der Waals surface area contributed by atoms with E-state index in [-0.39, 0.29) is 0 Å². The number of hydrogen-bond acceptors (Lipinski definition) is 4. The van der Waals surface area contributed by atoms with Crippen molar-refractivity contribution in [3.8, 4) is 0 Å². The molecular formula is C52H78N2O2S2. The Hall–Kier alpha value is -2.38. The first-order valence-corrected chi connectivity index (χ1v) is 25.8. The van der Waals surface area contributed by atoms with Crippen molar-refractivity contribution in [1.82, 2.24) is 0 Å². The van der Waals surface area contributed by atoms with Gasteiger partial charge in [-0.1, -0.05) is 238 Å². The molecule has 1 saturated carbocycles. The highest BCUT2D eigenvalue weighted by atomic mass is 32.1. The fraction of sp³-hybridized carbons (Fsp3) is 0.654. The molecular weight excluding hydrogens is 749 g/mol. The van der Waals surface area contributed by atoms with Crippen molar-refractivity contribution in [2.24, 2.45) is 0 Å². The summed E-state index contributed by atoms with van der Waals surface area (Å²) in [5.41, 5.74) is 3.41. The Bertz CT molecular complexity index is 1640. The lowest BCUT2D eigenvalue weighted by atomic mass is 9.79. The molecule has 0 aliphatic heterocycles. The molecule has 4 nitrogen and oxygen atoms in total. The molecule has 1 fully saturated rings. The van der Waals surface area contributed by atoms with E-state index in [1.807, 2.05) is 12.2 Å². The second-order valence-electron chi connectivity index (χ2n) is 17.4. The predicted molar refractivity (Wildman–Crippen MR) is 248 cm³/mol. The van der Waals surface area contributed by atoms with Crippen LogP contribution in [0, 0.1) is 0 Å². The van der Waals surface area contributed by atoms with Crippen molar-refractivity contribution < 1.29 is 19.3 Å². The largest absolute Gasteiger partial charge is 0.846 e. The van der Waals surface area contributed by atoms with Crippen LogP contribution in [-0.4, -0.2) is 12.2 Å². The second-order valence-corrected chi connectivity index (χ2v) is 19.5. The molecule has 0 atom stereocenters. The molecule has 5 rings (SSSR count). The maximum atomic E-state index is 13.8. The van der Waals surface area contributed by atoms with E-state index in [0.29, 0.717) is 11.1 Å². The highest BCUT2D eigenvalue weighted by Crippen LogP contribution is 2.35. The van der Waals surface area contributed by atoms with Crippen LogP contribution in [0.25, 0.3) is 32.6 Å². The average Bonchev–Trinajstić information content (AvgIpc) is 3.78. The number of rotatable bonds is 32. The van der Waals surface area contributed by atoms with Crippen molar-refractivity contribution in [1.29, 1.82) is 0 Å². The summed E-state index contributed by atoms with van der Waals surface area (Å²) >= 11 is 3.43. The molecule has 2 aromatic heterocycles. The van der Waals surface area contributed by atoms with Crippen LogP contribution in [0.2, 0.25) is 0 Å². The monoisotopic (exact) mass is 827 g/mol. The fourth-order valence-electron chi connectivity index (χ4n) is 8.86. The number of benzene rings is 2. The average molecular weight is 827 g/mol. The molecule has 1 aliphatic rings. The third-order valence-corrected chi connectivity index (χ3v) is 14.8. The van der Waals surface area contributed by atoms with Gasteiger partial charge in [0.25, 0.3) is 10.0 Å². The number of unbranched alkanes of at least 4 members (excludes halogenated alkanes) is 26. The van der Waals surface area contributed by atoms with Crippen molar-refractivity contribution >= 4 is 55.3 Å². The molecule has 2 aromatic carbocycles. The predicted octanol–water partition coefficient (Wildman–Crippen LogP) is 13.6. The lowest BCUT2D eigenvalue weighted by Gasteiger charge is -2.51. The van der Waals surface area contributed by atoms with Crippen LogP contribution in [0.15, 0.2) is 59.7 Å². The van der Waals surface area contributed by atoms with E-state index >= 15 is 0 Å². The van der Waals surface area contributed by atoms with E-state index in [2.05, 4.69) is 71.5 Å². The number of hydrogen-bond donors (Lipinski definition) is 0. The topological polar surface area (TPSA) is 53.9 Å². The molecule has 0 amide bonds. The number of nitrogens with zero attached hydrogens (tertiary/aromatic N) is 2. The van der Waals surface area contributed by atoms with E-state index in [4.69, 9.17) is 0 Å². The molecule has 58 heavy (non-hydrogen) atoms. The first-order valence-electron chi connectivity index (χ1n) is 24.2. The summed E-state index contributed by atoms with van der Waals surface area (Å²) in [6, 6.07) is 17.1. The van der Waals surface area contributed by atoms with E-state index in [9.17, 15) is 10.2 Å². The number of fused-ring (bicyclic) bond motifs is 2. The first-order chi connectivity index (χ1) is 28.6. The lowest BCUT2D eigenvalue weighted by molar-refractivity contribution is -0.669. The van der Waals surface area contributed by atoms with E-state index in [0.717, 1.165) is 35.9 Å². The molecule has 1 aliphatic carbocycles. The van der Waals surface area contributed by atoms with Crippen molar-refractivity contribution in [2.75, 3.05) is 0 Å². The molecule has 0 spiro atoms. The summed E-state index contributed by atoms with van der Waals surface area (Å²) in [7, 11) is 0. The van der Waals surface area contributed by atoms with Gasteiger partial charge in [0.05, 0.1) is 0 Å². The smallest absolute Gasteiger partial charge is 0.262 e. The van der Waals surface area contributed by atoms with Crippen molar-refractivity contribution in [2.45, 2.75) is 219 Å². The van der Waals surface area contributed by atoms with Gasteiger partial charge in [-0.05, 0) is 25.0 Å². The Kier molecular flexibility index (Phi) is 22.1. The zero-order chi connectivity index (χ0) is 40.6. The van der Waals surface area contributed by atoms with Gasteiger partial charge in [0.1, 0.15) is 9.40 Å². The van der Waals surface area contributed by atoms with Gasteiger partial charge in [0, 0.05) is 37.1 Å². The number of aryl methyl sites for hydroxylation is 2. The van der Waals surface area contributed by atoms with Crippen molar-refractivity contribution in [3.63, 3.8) is 0 Å². The van der Waals surface area contributed by atoms with Gasteiger partial charge in [-0.3, -0.25) is 0 Å². The number of aromatic nitrogens is 2. The fourth-order valence-corrected chi connectivity index (χ4v) is 11.2. The van der Waals surface area contributed by atoms with E-state index < -0.39 is 12.2 Å². The Balaban J connectivity index is 1.08. The SMILES string of the molecule is CCCCCCCCCCCCCCCC[n+]1c(C=C2C([O-])C(=Cc3sc4ccccc4[n+]3CCCCCCCCCCCCCCCC)C2[O-])sc2ccccc21. The summed E-state index contributed by atoms with van der Waals surface area (Å²) in [4.78, 5) is 0. The lowest BCUT2D eigenvalue weighted by Crippen LogP contribution is -2.55. The molecule has 6 heteroatoms. The van der Waals surface area contributed by atoms with E-state index in [1.165, 1.54) is 187 Å². The van der Waals surface area contributed by atoms with Crippen LogP contribution in [0.5, 0.6) is 0 Å². The summed E-state index contributed by atoms with van der Waals surface area (Å²) < 4.78 is 7.17. The van der Waals surface area contributed by atoms with Gasteiger partial charge in [0.2, 0.25) is 11.0 Å². The van der Waals surface area contributed by atoms with Gasteiger partial charge < -0.3 is 10.2 Å².